The molecule has 0 bridgehead atoms. The Balaban J connectivity index is 2.47. The first-order valence-corrected chi connectivity index (χ1v) is 4.97. The van der Waals surface area contributed by atoms with E-state index in [0.29, 0.717) is 12.0 Å². The van der Waals surface area contributed by atoms with Crippen molar-refractivity contribution in [2.75, 3.05) is 0 Å². The second kappa shape index (κ2) is 3.70. The summed E-state index contributed by atoms with van der Waals surface area (Å²) in [6, 6.07) is 7.73. The summed E-state index contributed by atoms with van der Waals surface area (Å²) in [6.45, 7) is 1.90. The quantitative estimate of drug-likeness (QED) is 0.694. The van der Waals surface area contributed by atoms with Gasteiger partial charge in [0.25, 0.3) is 0 Å². The van der Waals surface area contributed by atoms with E-state index in [-0.39, 0.29) is 5.78 Å². The van der Waals surface area contributed by atoms with Crippen LogP contribution in [0.1, 0.15) is 29.5 Å². The number of nitrogens with zero attached hydrogens (tertiary/aromatic N) is 1. The smallest absolute Gasteiger partial charge is 0.163 e. The largest absolute Gasteiger partial charge is 0.294 e. The molecule has 0 N–H and O–H groups in total. The predicted octanol–water partition coefficient (Wildman–Crippen LogP) is 2.61. The highest BCUT2D eigenvalue weighted by atomic mass is 16.1. The molecule has 0 spiro atoms. The van der Waals surface area contributed by atoms with E-state index in [1.807, 2.05) is 25.1 Å². The van der Waals surface area contributed by atoms with E-state index in [1.165, 1.54) is 0 Å². The van der Waals surface area contributed by atoms with Crippen LogP contribution in [0.2, 0.25) is 0 Å². The van der Waals surface area contributed by atoms with Crippen molar-refractivity contribution >= 4 is 11.4 Å². The molecule has 2 nitrogen and oxygen atoms in total. The lowest BCUT2D eigenvalue weighted by Crippen LogP contribution is -1.96. The highest BCUT2D eigenvalue weighted by molar-refractivity contribution is 6.22. The second-order valence-electron chi connectivity index (χ2n) is 3.72. The fourth-order valence-corrected chi connectivity index (χ4v) is 1.78. The second-order valence-corrected chi connectivity index (χ2v) is 3.72. The van der Waals surface area contributed by atoms with E-state index >= 15 is 0 Å². The minimum Gasteiger partial charge on any atom is -0.294 e. The van der Waals surface area contributed by atoms with Crippen molar-refractivity contribution < 1.29 is 4.79 Å². The molecule has 2 heteroatoms. The normalized spacial score (nSPS) is 14.9. The first-order valence-electron chi connectivity index (χ1n) is 4.97. The van der Waals surface area contributed by atoms with E-state index in [4.69, 9.17) is 5.26 Å². The zero-order valence-corrected chi connectivity index (χ0v) is 8.58. The van der Waals surface area contributed by atoms with Gasteiger partial charge in [0.2, 0.25) is 0 Å². The zero-order chi connectivity index (χ0) is 10.8. The van der Waals surface area contributed by atoms with Crippen molar-refractivity contribution in [2.45, 2.75) is 19.8 Å². The van der Waals surface area contributed by atoms with Crippen molar-refractivity contribution in [1.29, 1.82) is 5.26 Å². The van der Waals surface area contributed by atoms with E-state index in [1.54, 1.807) is 6.07 Å². The van der Waals surface area contributed by atoms with E-state index in [0.717, 1.165) is 23.1 Å². The third-order valence-corrected chi connectivity index (χ3v) is 2.69. The van der Waals surface area contributed by atoms with Gasteiger partial charge < -0.3 is 0 Å². The number of allylic oxidation sites excluding steroid dienone is 2. The van der Waals surface area contributed by atoms with Gasteiger partial charge in [-0.1, -0.05) is 18.2 Å². The molecule has 1 aromatic carbocycles. The SMILES string of the molecule is Cc1ccc(C2=CCCC2=O)cc1C#N. The van der Waals surface area contributed by atoms with Crippen LogP contribution in [0.3, 0.4) is 0 Å². The monoisotopic (exact) mass is 197 g/mol. The Morgan fingerprint density at radius 2 is 2.20 bits per heavy atom. The molecule has 0 heterocycles. The summed E-state index contributed by atoms with van der Waals surface area (Å²) < 4.78 is 0. The minimum absolute atomic E-state index is 0.183. The van der Waals surface area contributed by atoms with Gasteiger partial charge in [0.15, 0.2) is 5.78 Å². The maximum absolute atomic E-state index is 11.5. The Labute approximate surface area is 88.8 Å². The first-order chi connectivity index (χ1) is 7.22. The number of ketones is 1. The molecule has 0 aromatic heterocycles. The van der Waals surface area contributed by atoms with Crippen LogP contribution in [0.15, 0.2) is 24.3 Å². The topological polar surface area (TPSA) is 40.9 Å². The number of hydrogen-bond donors (Lipinski definition) is 0. The van der Waals surface area contributed by atoms with Gasteiger partial charge in [0, 0.05) is 12.0 Å². The average molecular weight is 197 g/mol. The summed E-state index contributed by atoms with van der Waals surface area (Å²) in [5, 5.41) is 8.90. The Kier molecular flexibility index (Phi) is 2.39. The molecule has 0 amide bonds. The molecule has 0 saturated carbocycles. The van der Waals surface area contributed by atoms with Crippen LogP contribution in [0.25, 0.3) is 5.57 Å². The third kappa shape index (κ3) is 1.69. The summed E-state index contributed by atoms with van der Waals surface area (Å²) in [6.07, 6.45) is 3.38. The lowest BCUT2D eigenvalue weighted by molar-refractivity contribution is -0.113. The van der Waals surface area contributed by atoms with Crippen LogP contribution in [0.4, 0.5) is 0 Å². The molecule has 0 atom stereocenters. The van der Waals surface area contributed by atoms with Crippen LogP contribution in [0.5, 0.6) is 0 Å². The lowest BCUT2D eigenvalue weighted by Gasteiger charge is -2.03. The molecule has 0 unspecified atom stereocenters. The maximum Gasteiger partial charge on any atom is 0.163 e. The van der Waals surface area contributed by atoms with Crippen LogP contribution in [-0.4, -0.2) is 5.78 Å². The number of carbonyl (C=O) groups excluding carboxylic acids is 1. The third-order valence-electron chi connectivity index (χ3n) is 2.69. The predicted molar refractivity (Wildman–Crippen MR) is 58.1 cm³/mol. The summed E-state index contributed by atoms with van der Waals surface area (Å²) in [7, 11) is 0. The van der Waals surface area contributed by atoms with Gasteiger partial charge in [-0.3, -0.25) is 4.79 Å². The number of aryl methyl sites for hydroxylation is 1. The van der Waals surface area contributed by atoms with Gasteiger partial charge in [0.05, 0.1) is 11.6 Å². The fraction of sp³-hybridized carbons (Fsp3) is 0.231. The zero-order valence-electron chi connectivity index (χ0n) is 8.58. The molecular formula is C13H11NO. The number of hydrogen-bond acceptors (Lipinski definition) is 2. The number of rotatable bonds is 1. The molecule has 74 valence electrons. The van der Waals surface area contributed by atoms with Crippen molar-refractivity contribution in [3.05, 3.63) is 41.0 Å². The van der Waals surface area contributed by atoms with Crippen molar-refractivity contribution in [3.8, 4) is 6.07 Å². The van der Waals surface area contributed by atoms with Gasteiger partial charge in [-0.2, -0.15) is 5.26 Å². The van der Waals surface area contributed by atoms with Gasteiger partial charge in [0.1, 0.15) is 0 Å². The molecular weight excluding hydrogens is 186 g/mol. The highest BCUT2D eigenvalue weighted by Gasteiger charge is 2.17. The number of carbonyl (C=O) groups is 1. The molecule has 0 aliphatic heterocycles. The fourth-order valence-electron chi connectivity index (χ4n) is 1.78. The highest BCUT2D eigenvalue weighted by Crippen LogP contribution is 2.25. The first kappa shape index (κ1) is 9.67. The van der Waals surface area contributed by atoms with Crippen LogP contribution in [0, 0.1) is 18.3 Å². The van der Waals surface area contributed by atoms with Crippen molar-refractivity contribution in [1.82, 2.24) is 0 Å². The number of benzene rings is 1. The Morgan fingerprint density at radius 3 is 2.80 bits per heavy atom. The summed E-state index contributed by atoms with van der Waals surface area (Å²) in [5.74, 6) is 0.183. The number of Topliss-reactive ketones (excluding diaryl/α,β-unsaturated/α-hetero) is 1. The Morgan fingerprint density at radius 1 is 1.40 bits per heavy atom. The molecule has 1 aliphatic rings. The van der Waals surface area contributed by atoms with Crippen molar-refractivity contribution in [3.63, 3.8) is 0 Å². The maximum atomic E-state index is 11.5. The van der Waals surface area contributed by atoms with Crippen LogP contribution >= 0.6 is 0 Å². The summed E-state index contributed by atoms with van der Waals surface area (Å²) in [4.78, 5) is 11.5. The van der Waals surface area contributed by atoms with Gasteiger partial charge in [-0.25, -0.2) is 0 Å². The molecule has 1 aromatic rings. The standard InChI is InChI=1S/C13H11NO/c1-9-5-6-10(7-11(9)8-14)12-3-2-4-13(12)15/h3,5-7H,2,4H2,1H3. The van der Waals surface area contributed by atoms with E-state index in [9.17, 15) is 4.79 Å². The van der Waals surface area contributed by atoms with Crippen molar-refractivity contribution in [2.24, 2.45) is 0 Å². The summed E-state index contributed by atoms with van der Waals surface area (Å²) >= 11 is 0. The van der Waals surface area contributed by atoms with Gasteiger partial charge in [-0.15, -0.1) is 0 Å². The Hall–Kier alpha value is -1.88. The molecule has 0 fully saturated rings. The van der Waals surface area contributed by atoms with E-state index in [2.05, 4.69) is 6.07 Å². The van der Waals surface area contributed by atoms with Gasteiger partial charge >= 0.3 is 0 Å². The van der Waals surface area contributed by atoms with Crippen LogP contribution < -0.4 is 0 Å². The van der Waals surface area contributed by atoms with E-state index < -0.39 is 0 Å². The molecule has 2 rings (SSSR count). The molecule has 0 radical (unpaired) electrons. The lowest BCUT2D eigenvalue weighted by atomic mass is 9.99. The minimum atomic E-state index is 0.183. The average Bonchev–Trinajstić information content (AvgIpc) is 2.65. The van der Waals surface area contributed by atoms with Crippen LogP contribution in [-0.2, 0) is 4.79 Å². The molecule has 0 saturated heterocycles. The molecule has 1 aliphatic carbocycles. The van der Waals surface area contributed by atoms with Gasteiger partial charge in [-0.05, 0) is 30.5 Å². The number of nitriles is 1. The molecule has 15 heavy (non-hydrogen) atoms. The summed E-state index contributed by atoms with van der Waals surface area (Å²) in [5.41, 5.74) is 3.24. The Bertz CT molecular complexity index is 492.